The molecule has 0 saturated heterocycles. The summed E-state index contributed by atoms with van der Waals surface area (Å²) in [4.78, 5) is 0. The van der Waals surface area contributed by atoms with Gasteiger partial charge in [-0.2, -0.15) is 0 Å². The SMILES string of the molecule is c1ccc([Si](c2ccccc2)(c2ccccc2)c2ccc(-c3cc4c5c(c3)-c3ccccc3OB5c3ccc(-c5ccccc5-n5c6ccccc6c6ccccc65)cc3O4)cc2)cc1. The number of para-hydroxylation sites is 4. The van der Waals surface area contributed by atoms with E-state index in [2.05, 4.69) is 247 Å². The summed E-state index contributed by atoms with van der Waals surface area (Å²) in [5.41, 5.74) is 12.2. The van der Waals surface area contributed by atoms with Gasteiger partial charge in [-0.1, -0.05) is 200 Å². The first-order valence-electron chi connectivity index (χ1n) is 22.4. The second-order valence-electron chi connectivity index (χ2n) is 17.1. The van der Waals surface area contributed by atoms with Crippen LogP contribution in [0.2, 0.25) is 0 Å². The molecular formula is C60H40BNO2Si. The molecule has 0 saturated carbocycles. The van der Waals surface area contributed by atoms with E-state index in [0.29, 0.717) is 0 Å². The van der Waals surface area contributed by atoms with Crippen LogP contribution < -0.4 is 41.1 Å². The highest BCUT2D eigenvalue weighted by Crippen LogP contribution is 2.43. The molecule has 3 nitrogen and oxygen atoms in total. The van der Waals surface area contributed by atoms with Crippen molar-refractivity contribution in [1.29, 1.82) is 0 Å². The van der Waals surface area contributed by atoms with E-state index in [1.807, 2.05) is 0 Å². The van der Waals surface area contributed by atoms with E-state index in [9.17, 15) is 0 Å². The monoisotopic (exact) mass is 845 g/mol. The minimum atomic E-state index is -2.68. The molecule has 11 aromatic rings. The van der Waals surface area contributed by atoms with Crippen LogP contribution in [0, 0.1) is 0 Å². The lowest BCUT2D eigenvalue weighted by Crippen LogP contribution is -2.74. The Balaban J connectivity index is 0.944. The van der Waals surface area contributed by atoms with Gasteiger partial charge in [-0.05, 0) is 85.5 Å². The molecule has 2 aliphatic heterocycles. The zero-order valence-corrected chi connectivity index (χ0v) is 36.4. The van der Waals surface area contributed by atoms with Crippen LogP contribution in [0.3, 0.4) is 0 Å². The lowest BCUT2D eigenvalue weighted by atomic mass is 9.50. The Morgan fingerprint density at radius 3 is 1.51 bits per heavy atom. The van der Waals surface area contributed by atoms with Gasteiger partial charge in [-0.3, -0.25) is 0 Å². The van der Waals surface area contributed by atoms with Gasteiger partial charge in [-0.15, -0.1) is 0 Å². The Labute approximate surface area is 379 Å². The van der Waals surface area contributed by atoms with Crippen molar-refractivity contribution in [2.75, 3.05) is 0 Å². The van der Waals surface area contributed by atoms with E-state index in [-0.39, 0.29) is 6.92 Å². The van der Waals surface area contributed by atoms with Crippen LogP contribution in [0.25, 0.3) is 60.9 Å². The molecular weight excluding hydrogens is 806 g/mol. The lowest BCUT2D eigenvalue weighted by Gasteiger charge is -2.34. The molecule has 304 valence electrons. The summed E-state index contributed by atoms with van der Waals surface area (Å²) < 4.78 is 16.4. The Kier molecular flexibility index (Phi) is 8.65. The smallest absolute Gasteiger partial charge is 0.434 e. The first-order valence-corrected chi connectivity index (χ1v) is 24.4. The Bertz CT molecular complexity index is 3460. The quantitative estimate of drug-likeness (QED) is 0.118. The van der Waals surface area contributed by atoms with Crippen molar-refractivity contribution in [2.45, 2.75) is 0 Å². The molecule has 0 aliphatic carbocycles. The van der Waals surface area contributed by atoms with Crippen LogP contribution in [0.4, 0.5) is 0 Å². The van der Waals surface area contributed by atoms with Gasteiger partial charge in [0.2, 0.25) is 0 Å². The molecule has 0 atom stereocenters. The normalized spacial score (nSPS) is 12.5. The average molecular weight is 846 g/mol. The molecule has 0 amide bonds. The molecule has 5 heteroatoms. The third-order valence-corrected chi connectivity index (χ3v) is 18.4. The summed E-state index contributed by atoms with van der Waals surface area (Å²) in [5.74, 6) is 2.50. The number of rotatable bonds is 7. The Hall–Kier alpha value is -8.12. The zero-order valence-electron chi connectivity index (χ0n) is 35.4. The molecule has 0 spiro atoms. The summed E-state index contributed by atoms with van der Waals surface area (Å²) in [6.07, 6.45) is 0. The van der Waals surface area contributed by atoms with Crippen LogP contribution in [0.15, 0.2) is 243 Å². The van der Waals surface area contributed by atoms with E-state index in [1.165, 1.54) is 42.6 Å². The fourth-order valence-corrected chi connectivity index (χ4v) is 15.5. The average Bonchev–Trinajstić information content (AvgIpc) is 3.72. The van der Waals surface area contributed by atoms with Gasteiger partial charge < -0.3 is 14.0 Å². The highest BCUT2D eigenvalue weighted by atomic mass is 28.3. The van der Waals surface area contributed by atoms with Crippen molar-refractivity contribution in [2.24, 2.45) is 0 Å². The van der Waals surface area contributed by atoms with Crippen LogP contribution >= 0.6 is 0 Å². The summed E-state index contributed by atoms with van der Waals surface area (Å²) in [7, 11) is -2.68. The third kappa shape index (κ3) is 5.83. The van der Waals surface area contributed by atoms with Crippen LogP contribution in [0.1, 0.15) is 0 Å². The van der Waals surface area contributed by atoms with Crippen LogP contribution in [0.5, 0.6) is 17.2 Å². The highest BCUT2D eigenvalue weighted by Gasteiger charge is 2.43. The standard InChI is InChI=1S/C60H40BNO2Si/c1-4-18-44(19-5-1)65(45-20-6-2-7-21-45,46-22-8-3-9-23-46)47-35-32-41(33-36-47)43-38-52-51-27-13-17-31-57(51)64-61-53-37-34-42(39-58(53)63-59(40-43)60(52)61)48-24-10-14-28-54(48)62-55-29-15-11-25-49(55)50-26-12-16-30-56(50)62/h1-40H. The maximum Gasteiger partial charge on any atom is 0.434 e. The van der Waals surface area contributed by atoms with E-state index >= 15 is 0 Å². The predicted octanol–water partition coefficient (Wildman–Crippen LogP) is 10.8. The first-order chi connectivity index (χ1) is 32.2. The second kappa shape index (κ2) is 15.0. The van der Waals surface area contributed by atoms with Gasteiger partial charge in [0.1, 0.15) is 17.2 Å². The van der Waals surface area contributed by atoms with Crippen molar-refractivity contribution in [3.63, 3.8) is 0 Å². The Morgan fingerprint density at radius 2 is 0.862 bits per heavy atom. The summed E-state index contributed by atoms with van der Waals surface area (Å²) in [5, 5.41) is 7.88. The van der Waals surface area contributed by atoms with Gasteiger partial charge in [-0.25, -0.2) is 0 Å². The van der Waals surface area contributed by atoms with E-state index in [0.717, 1.165) is 67.2 Å². The maximum absolute atomic E-state index is 7.11. The topological polar surface area (TPSA) is 23.4 Å². The summed E-state index contributed by atoms with van der Waals surface area (Å²) >= 11 is 0. The van der Waals surface area contributed by atoms with Crippen molar-refractivity contribution in [3.8, 4) is 56.3 Å². The van der Waals surface area contributed by atoms with Gasteiger partial charge in [0, 0.05) is 32.8 Å². The molecule has 65 heavy (non-hydrogen) atoms. The molecule has 1 aromatic heterocycles. The van der Waals surface area contributed by atoms with Gasteiger partial charge >= 0.3 is 6.92 Å². The Morgan fingerprint density at radius 1 is 0.354 bits per heavy atom. The van der Waals surface area contributed by atoms with Crippen LogP contribution in [-0.2, 0) is 0 Å². The summed E-state index contributed by atoms with van der Waals surface area (Å²) in [6.45, 7) is -0.314. The zero-order chi connectivity index (χ0) is 42.9. The number of benzene rings is 10. The maximum atomic E-state index is 7.11. The van der Waals surface area contributed by atoms with E-state index in [1.54, 1.807) is 0 Å². The minimum Gasteiger partial charge on any atom is -0.551 e. The fraction of sp³-hybridized carbons (Fsp3) is 0. The number of hydrogen-bond donors (Lipinski definition) is 0. The number of ether oxygens (including phenoxy) is 1. The predicted molar refractivity (Wildman–Crippen MR) is 273 cm³/mol. The van der Waals surface area contributed by atoms with E-state index in [4.69, 9.17) is 9.39 Å². The number of nitrogens with zero attached hydrogens (tertiary/aromatic N) is 1. The number of aromatic nitrogens is 1. The van der Waals surface area contributed by atoms with Gasteiger partial charge in [0.25, 0.3) is 0 Å². The molecule has 0 fully saturated rings. The lowest BCUT2D eigenvalue weighted by molar-refractivity contribution is 0.480. The van der Waals surface area contributed by atoms with E-state index < -0.39 is 8.07 Å². The first kappa shape index (κ1) is 37.4. The number of hydrogen-bond acceptors (Lipinski definition) is 2. The van der Waals surface area contributed by atoms with Gasteiger partial charge in [0.05, 0.1) is 16.7 Å². The highest BCUT2D eigenvalue weighted by molar-refractivity contribution is 7.19. The van der Waals surface area contributed by atoms with Crippen molar-refractivity contribution < 1.29 is 9.39 Å². The third-order valence-electron chi connectivity index (χ3n) is 13.6. The number of fused-ring (bicyclic) bond motifs is 7. The van der Waals surface area contributed by atoms with Crippen molar-refractivity contribution in [3.05, 3.63) is 243 Å². The molecule has 0 N–H and O–H groups in total. The summed E-state index contributed by atoms with van der Waals surface area (Å²) in [6, 6.07) is 88.3. The molecule has 10 aromatic carbocycles. The second-order valence-corrected chi connectivity index (χ2v) is 20.9. The molecule has 2 aliphatic rings. The molecule has 0 unspecified atom stereocenters. The van der Waals surface area contributed by atoms with Crippen molar-refractivity contribution in [1.82, 2.24) is 4.57 Å². The molecule has 13 rings (SSSR count). The van der Waals surface area contributed by atoms with Crippen LogP contribution in [-0.4, -0.2) is 19.6 Å². The van der Waals surface area contributed by atoms with Gasteiger partial charge in [0.15, 0.2) is 8.07 Å². The molecule has 3 heterocycles. The largest absolute Gasteiger partial charge is 0.551 e. The minimum absolute atomic E-state index is 0.314. The van der Waals surface area contributed by atoms with Crippen molar-refractivity contribution >= 4 is 68.5 Å². The molecule has 0 bridgehead atoms. The molecule has 0 radical (unpaired) electrons. The fourth-order valence-electron chi connectivity index (χ4n) is 10.8.